The van der Waals surface area contributed by atoms with Crippen LogP contribution in [0.4, 0.5) is 10.5 Å². The average molecular weight is 410 g/mol. The molecule has 158 valence electrons. The fraction of sp³-hybridized carbons (Fsp3) is 0.391. The normalized spacial score (nSPS) is 17.9. The fourth-order valence-electron chi connectivity index (χ4n) is 3.89. The van der Waals surface area contributed by atoms with E-state index in [9.17, 15) is 9.59 Å². The predicted octanol–water partition coefficient (Wildman–Crippen LogP) is 4.39. The summed E-state index contributed by atoms with van der Waals surface area (Å²) < 4.78 is 16.4. The van der Waals surface area contributed by atoms with Gasteiger partial charge in [-0.15, -0.1) is 0 Å². The van der Waals surface area contributed by atoms with E-state index in [0.29, 0.717) is 37.6 Å². The molecular weight excluding hydrogens is 384 g/mol. The molecule has 0 bridgehead atoms. The Balaban J connectivity index is 1.49. The summed E-state index contributed by atoms with van der Waals surface area (Å²) in [6.07, 6.45) is 2.21. The number of amides is 2. The van der Waals surface area contributed by atoms with E-state index < -0.39 is 6.09 Å². The summed E-state index contributed by atoms with van der Waals surface area (Å²) in [6, 6.07) is 12.9. The number of fused-ring (bicyclic) bond motifs is 1. The van der Waals surface area contributed by atoms with Gasteiger partial charge in [-0.05, 0) is 61.7 Å². The number of nitrogens with one attached hydrogen (secondary N) is 1. The fourth-order valence-corrected chi connectivity index (χ4v) is 3.89. The highest BCUT2D eigenvalue weighted by Gasteiger charge is 2.31. The Kier molecular flexibility index (Phi) is 6.07. The van der Waals surface area contributed by atoms with Crippen LogP contribution in [-0.4, -0.2) is 43.3 Å². The van der Waals surface area contributed by atoms with Crippen LogP contribution in [0.25, 0.3) is 0 Å². The number of ether oxygens (including phenoxy) is 3. The molecule has 2 aliphatic rings. The number of hydrogen-bond donors (Lipinski definition) is 1. The van der Waals surface area contributed by atoms with Gasteiger partial charge in [-0.25, -0.2) is 4.79 Å². The van der Waals surface area contributed by atoms with Gasteiger partial charge in [0.2, 0.25) is 0 Å². The van der Waals surface area contributed by atoms with Gasteiger partial charge in [-0.3, -0.25) is 10.1 Å². The molecule has 1 saturated heterocycles. The SMILES string of the molecule is CCOC(=O)Nc1ccc(C(=O)N2CCC[C@@H]2c2ccc3c(c2)OCCCO3)cc1. The van der Waals surface area contributed by atoms with Crippen LogP contribution in [0.15, 0.2) is 42.5 Å². The summed E-state index contributed by atoms with van der Waals surface area (Å²) in [5.74, 6) is 1.49. The van der Waals surface area contributed by atoms with Crippen molar-refractivity contribution in [3.63, 3.8) is 0 Å². The quantitative estimate of drug-likeness (QED) is 0.809. The zero-order valence-electron chi connectivity index (χ0n) is 17.1. The highest BCUT2D eigenvalue weighted by molar-refractivity contribution is 5.95. The Morgan fingerprint density at radius 3 is 2.60 bits per heavy atom. The molecule has 0 radical (unpaired) electrons. The van der Waals surface area contributed by atoms with Crippen molar-refractivity contribution in [1.29, 1.82) is 0 Å². The number of carbonyl (C=O) groups is 2. The lowest BCUT2D eigenvalue weighted by molar-refractivity contribution is 0.0735. The van der Waals surface area contributed by atoms with E-state index in [4.69, 9.17) is 14.2 Å². The molecule has 2 amide bonds. The van der Waals surface area contributed by atoms with Crippen molar-refractivity contribution in [2.45, 2.75) is 32.2 Å². The van der Waals surface area contributed by atoms with E-state index in [2.05, 4.69) is 5.32 Å². The van der Waals surface area contributed by atoms with Crippen molar-refractivity contribution in [1.82, 2.24) is 4.90 Å². The lowest BCUT2D eigenvalue weighted by Gasteiger charge is -2.26. The summed E-state index contributed by atoms with van der Waals surface area (Å²) in [5.41, 5.74) is 2.24. The molecule has 1 atom stereocenters. The van der Waals surface area contributed by atoms with Crippen molar-refractivity contribution >= 4 is 17.7 Å². The lowest BCUT2D eigenvalue weighted by atomic mass is 10.0. The standard InChI is InChI=1S/C23H26N2O5/c1-2-28-23(27)24-18-9-6-16(7-10-18)22(26)25-12-3-5-19(25)17-8-11-20-21(15-17)30-14-4-13-29-20/h6-11,15,19H,2-5,12-14H2,1H3,(H,24,27)/t19-/m1/s1. The molecule has 0 aliphatic carbocycles. The molecule has 0 spiro atoms. The van der Waals surface area contributed by atoms with E-state index >= 15 is 0 Å². The van der Waals surface area contributed by atoms with E-state index in [0.717, 1.165) is 36.3 Å². The van der Waals surface area contributed by atoms with Crippen molar-refractivity contribution < 1.29 is 23.8 Å². The van der Waals surface area contributed by atoms with Crippen molar-refractivity contribution in [2.75, 3.05) is 31.7 Å². The third kappa shape index (κ3) is 4.35. The maximum absolute atomic E-state index is 13.2. The first-order valence-corrected chi connectivity index (χ1v) is 10.4. The largest absolute Gasteiger partial charge is 0.490 e. The molecule has 30 heavy (non-hydrogen) atoms. The second-order valence-corrected chi connectivity index (χ2v) is 7.34. The molecule has 2 aliphatic heterocycles. The summed E-state index contributed by atoms with van der Waals surface area (Å²) in [4.78, 5) is 26.6. The Morgan fingerprint density at radius 2 is 1.83 bits per heavy atom. The molecule has 7 heteroatoms. The summed E-state index contributed by atoms with van der Waals surface area (Å²) in [7, 11) is 0. The van der Waals surface area contributed by atoms with Gasteiger partial charge in [0, 0.05) is 24.2 Å². The summed E-state index contributed by atoms with van der Waals surface area (Å²) >= 11 is 0. The number of likely N-dealkylation sites (tertiary alicyclic amines) is 1. The van der Waals surface area contributed by atoms with Crippen molar-refractivity contribution in [3.8, 4) is 11.5 Å². The number of rotatable bonds is 4. The van der Waals surface area contributed by atoms with Crippen LogP contribution < -0.4 is 14.8 Å². The first kappa shape index (κ1) is 20.1. The van der Waals surface area contributed by atoms with Crippen LogP contribution in [0.2, 0.25) is 0 Å². The van der Waals surface area contributed by atoms with E-state index in [-0.39, 0.29) is 11.9 Å². The first-order chi connectivity index (χ1) is 14.7. The van der Waals surface area contributed by atoms with Gasteiger partial charge in [-0.1, -0.05) is 6.07 Å². The van der Waals surface area contributed by atoms with Crippen LogP contribution in [0.5, 0.6) is 11.5 Å². The molecule has 7 nitrogen and oxygen atoms in total. The van der Waals surface area contributed by atoms with Crippen LogP contribution >= 0.6 is 0 Å². The highest BCUT2D eigenvalue weighted by atomic mass is 16.5. The maximum Gasteiger partial charge on any atom is 0.411 e. The lowest BCUT2D eigenvalue weighted by Crippen LogP contribution is -2.30. The van der Waals surface area contributed by atoms with Crippen LogP contribution in [0.3, 0.4) is 0 Å². The zero-order chi connectivity index (χ0) is 20.9. The summed E-state index contributed by atoms with van der Waals surface area (Å²) in [5, 5.41) is 2.64. The topological polar surface area (TPSA) is 77.1 Å². The average Bonchev–Trinajstić information content (AvgIpc) is 3.12. The van der Waals surface area contributed by atoms with E-state index in [1.807, 2.05) is 23.1 Å². The van der Waals surface area contributed by atoms with Gasteiger partial charge < -0.3 is 19.1 Å². The monoisotopic (exact) mass is 410 g/mol. The molecule has 0 aromatic heterocycles. The van der Waals surface area contributed by atoms with Gasteiger partial charge >= 0.3 is 6.09 Å². The van der Waals surface area contributed by atoms with Gasteiger partial charge in [0.15, 0.2) is 11.5 Å². The minimum Gasteiger partial charge on any atom is -0.490 e. The number of nitrogens with zero attached hydrogens (tertiary/aromatic N) is 1. The second kappa shape index (κ2) is 9.07. The highest BCUT2D eigenvalue weighted by Crippen LogP contribution is 2.38. The Hall–Kier alpha value is -3.22. The molecule has 1 N–H and O–H groups in total. The summed E-state index contributed by atoms with van der Waals surface area (Å²) in [6.45, 7) is 4.05. The third-order valence-corrected chi connectivity index (χ3v) is 5.32. The molecule has 4 rings (SSSR count). The van der Waals surface area contributed by atoms with Gasteiger partial charge in [0.1, 0.15) is 0 Å². The van der Waals surface area contributed by atoms with Crippen LogP contribution in [0.1, 0.15) is 48.1 Å². The van der Waals surface area contributed by atoms with E-state index in [1.165, 1.54) is 0 Å². The molecule has 2 aromatic rings. The van der Waals surface area contributed by atoms with Crippen molar-refractivity contribution in [3.05, 3.63) is 53.6 Å². The smallest absolute Gasteiger partial charge is 0.411 e. The Bertz CT molecular complexity index is 912. The zero-order valence-corrected chi connectivity index (χ0v) is 17.1. The third-order valence-electron chi connectivity index (χ3n) is 5.32. The minimum absolute atomic E-state index is 0.00647. The molecule has 2 heterocycles. The molecule has 1 fully saturated rings. The number of benzene rings is 2. The predicted molar refractivity (Wildman–Crippen MR) is 112 cm³/mol. The molecule has 0 saturated carbocycles. The first-order valence-electron chi connectivity index (χ1n) is 10.4. The maximum atomic E-state index is 13.2. The Morgan fingerprint density at radius 1 is 1.07 bits per heavy atom. The second-order valence-electron chi connectivity index (χ2n) is 7.34. The van der Waals surface area contributed by atoms with Gasteiger partial charge in [0.05, 0.1) is 25.9 Å². The molecule has 0 unspecified atom stereocenters. The van der Waals surface area contributed by atoms with Crippen molar-refractivity contribution in [2.24, 2.45) is 0 Å². The van der Waals surface area contributed by atoms with Gasteiger partial charge in [-0.2, -0.15) is 0 Å². The number of carbonyl (C=O) groups excluding carboxylic acids is 2. The van der Waals surface area contributed by atoms with Crippen LogP contribution in [0, 0.1) is 0 Å². The minimum atomic E-state index is -0.509. The Labute approximate surface area is 175 Å². The van der Waals surface area contributed by atoms with Gasteiger partial charge in [0.25, 0.3) is 5.91 Å². The molecular formula is C23H26N2O5. The number of anilines is 1. The number of hydrogen-bond acceptors (Lipinski definition) is 5. The van der Waals surface area contributed by atoms with Crippen LogP contribution in [-0.2, 0) is 4.74 Å². The van der Waals surface area contributed by atoms with E-state index in [1.54, 1.807) is 31.2 Å². The molecule has 2 aromatic carbocycles.